The summed E-state index contributed by atoms with van der Waals surface area (Å²) in [4.78, 5) is -0.531. The van der Waals surface area contributed by atoms with Crippen molar-refractivity contribution < 1.29 is 26.0 Å². The minimum absolute atomic E-state index is 0.0244. The Bertz CT molecular complexity index is 1110. The Kier molecular flexibility index (Phi) is 4.89. The molecule has 1 heterocycles. The molecule has 0 radical (unpaired) electrons. The van der Waals surface area contributed by atoms with E-state index >= 15 is 0 Å². The molecule has 0 saturated carbocycles. The third-order valence-corrected chi connectivity index (χ3v) is 5.36. The fraction of sp³-hybridized carbons (Fsp3) is 0.118. The molecule has 0 atom stereocenters. The molecule has 3 aromatic rings. The van der Waals surface area contributed by atoms with E-state index in [9.17, 15) is 26.0 Å². The molecule has 0 spiro atoms. The molecular formula is C17H11BrF4N2O2S. The Morgan fingerprint density at radius 1 is 1.04 bits per heavy atom. The first-order valence-corrected chi connectivity index (χ1v) is 10.1. The van der Waals surface area contributed by atoms with Gasteiger partial charge >= 0.3 is 6.18 Å². The van der Waals surface area contributed by atoms with Crippen LogP contribution in [-0.2, 0) is 16.0 Å². The van der Waals surface area contributed by atoms with Crippen LogP contribution < -0.4 is 0 Å². The Hall–Kier alpha value is -2.20. The highest BCUT2D eigenvalue weighted by molar-refractivity contribution is 9.10. The highest BCUT2D eigenvalue weighted by Gasteiger charge is 2.35. The lowest BCUT2D eigenvalue weighted by atomic mass is 10.1. The average Bonchev–Trinajstić information content (AvgIpc) is 2.99. The van der Waals surface area contributed by atoms with Crippen LogP contribution in [0.15, 0.2) is 57.9 Å². The van der Waals surface area contributed by atoms with Gasteiger partial charge in [-0.25, -0.2) is 17.5 Å². The molecule has 0 aliphatic heterocycles. The van der Waals surface area contributed by atoms with Crippen molar-refractivity contribution in [3.63, 3.8) is 0 Å². The monoisotopic (exact) mass is 462 g/mol. The van der Waals surface area contributed by atoms with E-state index < -0.39 is 32.4 Å². The summed E-state index contributed by atoms with van der Waals surface area (Å²) >= 11 is 3.24. The smallest absolute Gasteiger partial charge is 0.233 e. The summed E-state index contributed by atoms with van der Waals surface area (Å²) in [7, 11) is -3.80. The van der Waals surface area contributed by atoms with Crippen molar-refractivity contribution in [2.75, 3.05) is 6.26 Å². The molecule has 1 aromatic heterocycles. The molecule has 0 aliphatic carbocycles. The molecule has 0 N–H and O–H groups in total. The number of aromatic nitrogens is 2. The van der Waals surface area contributed by atoms with Crippen LogP contribution in [0.4, 0.5) is 17.6 Å². The van der Waals surface area contributed by atoms with E-state index in [-0.39, 0.29) is 11.3 Å². The van der Waals surface area contributed by atoms with Crippen LogP contribution in [0.5, 0.6) is 0 Å². The molecule has 142 valence electrons. The number of hydrogen-bond acceptors (Lipinski definition) is 3. The summed E-state index contributed by atoms with van der Waals surface area (Å²) in [5, 5.41) is 3.59. The summed E-state index contributed by atoms with van der Waals surface area (Å²) < 4.78 is 78.5. The Balaban J connectivity index is 2.21. The fourth-order valence-electron chi connectivity index (χ4n) is 2.47. The van der Waals surface area contributed by atoms with Gasteiger partial charge < -0.3 is 0 Å². The zero-order valence-electron chi connectivity index (χ0n) is 13.6. The van der Waals surface area contributed by atoms with Crippen LogP contribution in [0.2, 0.25) is 0 Å². The lowest BCUT2D eigenvalue weighted by Gasteiger charge is -2.09. The first-order chi connectivity index (χ1) is 12.5. The zero-order chi connectivity index (χ0) is 20.0. The molecule has 0 aliphatic rings. The zero-order valence-corrected chi connectivity index (χ0v) is 16.0. The molecule has 0 bridgehead atoms. The van der Waals surface area contributed by atoms with E-state index in [1.807, 2.05) is 0 Å². The van der Waals surface area contributed by atoms with E-state index in [1.54, 1.807) is 24.3 Å². The number of benzene rings is 2. The van der Waals surface area contributed by atoms with Gasteiger partial charge in [-0.2, -0.15) is 18.3 Å². The number of rotatable bonds is 3. The van der Waals surface area contributed by atoms with Crippen LogP contribution >= 0.6 is 15.9 Å². The molecule has 0 unspecified atom stereocenters. The molecule has 0 amide bonds. The first kappa shape index (κ1) is 19.6. The number of halogens is 5. The van der Waals surface area contributed by atoms with Gasteiger partial charge in [0, 0.05) is 16.3 Å². The molecule has 3 rings (SSSR count). The van der Waals surface area contributed by atoms with Crippen LogP contribution in [0, 0.1) is 5.82 Å². The number of sulfone groups is 1. The largest absolute Gasteiger partial charge is 0.435 e. The van der Waals surface area contributed by atoms with Gasteiger partial charge in [0.15, 0.2) is 15.5 Å². The maximum Gasteiger partial charge on any atom is 0.435 e. The fourth-order valence-corrected chi connectivity index (χ4v) is 3.46. The number of nitrogens with zero attached hydrogens (tertiary/aromatic N) is 2. The molecule has 4 nitrogen and oxygen atoms in total. The normalized spacial score (nSPS) is 12.4. The van der Waals surface area contributed by atoms with Crippen LogP contribution in [0.1, 0.15) is 5.69 Å². The van der Waals surface area contributed by atoms with Crippen LogP contribution in [0.3, 0.4) is 0 Å². The average molecular weight is 463 g/mol. The van der Waals surface area contributed by atoms with Crippen molar-refractivity contribution in [1.82, 2.24) is 9.78 Å². The third kappa shape index (κ3) is 4.06. The second kappa shape index (κ2) is 6.75. The van der Waals surface area contributed by atoms with Crippen molar-refractivity contribution >= 4 is 25.8 Å². The van der Waals surface area contributed by atoms with Crippen molar-refractivity contribution in [2.24, 2.45) is 0 Å². The molecule has 0 saturated heterocycles. The molecule has 0 fully saturated rings. The topological polar surface area (TPSA) is 52.0 Å². The van der Waals surface area contributed by atoms with Gasteiger partial charge in [0.2, 0.25) is 0 Å². The lowest BCUT2D eigenvalue weighted by molar-refractivity contribution is -0.141. The van der Waals surface area contributed by atoms with E-state index in [0.717, 1.165) is 33.6 Å². The molecule has 2 aromatic carbocycles. The van der Waals surface area contributed by atoms with Gasteiger partial charge in [0.1, 0.15) is 10.7 Å². The van der Waals surface area contributed by atoms with E-state index in [2.05, 4.69) is 21.0 Å². The Labute approximate surface area is 160 Å². The Morgan fingerprint density at radius 3 is 2.19 bits per heavy atom. The number of hydrogen-bond donors (Lipinski definition) is 0. The molecule has 10 heteroatoms. The molecular weight excluding hydrogens is 452 g/mol. The summed E-state index contributed by atoms with van der Waals surface area (Å²) in [6.45, 7) is 0. The predicted molar refractivity (Wildman–Crippen MR) is 94.8 cm³/mol. The van der Waals surface area contributed by atoms with Crippen LogP contribution in [-0.4, -0.2) is 24.5 Å². The summed E-state index contributed by atoms with van der Waals surface area (Å²) in [5.41, 5.74) is -0.779. The third-order valence-electron chi connectivity index (χ3n) is 3.70. The quantitative estimate of drug-likeness (QED) is 0.522. The summed E-state index contributed by atoms with van der Waals surface area (Å²) in [5.74, 6) is -1.05. The minimum atomic E-state index is -4.69. The highest BCUT2D eigenvalue weighted by Crippen LogP contribution is 2.34. The van der Waals surface area contributed by atoms with Gasteiger partial charge in [-0.15, -0.1) is 0 Å². The maximum atomic E-state index is 14.2. The maximum absolute atomic E-state index is 14.2. The molecule has 27 heavy (non-hydrogen) atoms. The van der Waals surface area contributed by atoms with Gasteiger partial charge in [-0.3, -0.25) is 0 Å². The SMILES string of the molecule is CS(=O)(=O)c1ccc(-c2cc(C(F)(F)F)nn2-c2ccc(Br)cc2)cc1F. The summed E-state index contributed by atoms with van der Waals surface area (Å²) in [6, 6.07) is 10.3. The van der Waals surface area contributed by atoms with Crippen molar-refractivity contribution in [3.8, 4) is 16.9 Å². The van der Waals surface area contributed by atoms with Gasteiger partial charge in [0.05, 0.1) is 11.4 Å². The van der Waals surface area contributed by atoms with E-state index in [0.29, 0.717) is 5.69 Å². The van der Waals surface area contributed by atoms with Gasteiger partial charge in [-0.05, 0) is 42.5 Å². The van der Waals surface area contributed by atoms with Crippen molar-refractivity contribution in [2.45, 2.75) is 11.1 Å². The first-order valence-electron chi connectivity index (χ1n) is 7.40. The summed E-state index contributed by atoms with van der Waals surface area (Å²) in [6.07, 6.45) is -3.85. The second-order valence-electron chi connectivity index (χ2n) is 5.72. The lowest BCUT2D eigenvalue weighted by Crippen LogP contribution is -2.07. The van der Waals surface area contributed by atoms with E-state index in [4.69, 9.17) is 0 Å². The minimum Gasteiger partial charge on any atom is -0.233 e. The van der Waals surface area contributed by atoms with Gasteiger partial charge in [-0.1, -0.05) is 22.0 Å². The highest BCUT2D eigenvalue weighted by atomic mass is 79.9. The second-order valence-corrected chi connectivity index (χ2v) is 8.62. The predicted octanol–water partition coefficient (Wildman–Crippen LogP) is 4.86. The van der Waals surface area contributed by atoms with E-state index in [1.165, 1.54) is 6.07 Å². The van der Waals surface area contributed by atoms with Crippen molar-refractivity contribution in [1.29, 1.82) is 0 Å². The Morgan fingerprint density at radius 2 is 1.67 bits per heavy atom. The number of alkyl halides is 3. The standard InChI is InChI=1S/C17H11BrF4N2O2S/c1-27(25,26)15-7-2-10(8-13(15)19)14-9-16(17(20,21)22)23-24(14)12-5-3-11(18)4-6-12/h2-9H,1H3. The van der Waals surface area contributed by atoms with Gasteiger partial charge in [0.25, 0.3) is 0 Å². The van der Waals surface area contributed by atoms with Crippen LogP contribution in [0.25, 0.3) is 16.9 Å². The van der Waals surface area contributed by atoms with Crippen molar-refractivity contribution in [3.05, 3.63) is 64.5 Å².